The highest BCUT2D eigenvalue weighted by atomic mass is 19.1. The van der Waals surface area contributed by atoms with E-state index in [1.165, 1.54) is 13.2 Å². The summed E-state index contributed by atoms with van der Waals surface area (Å²) in [7, 11) is 1.35. The molecule has 1 rings (SSSR count). The Morgan fingerprint density at radius 3 is 2.39 bits per heavy atom. The maximum Gasteiger partial charge on any atom is 0.292 e. The zero-order chi connectivity index (χ0) is 13.9. The van der Waals surface area contributed by atoms with Gasteiger partial charge in [0.15, 0.2) is 0 Å². The predicted molar refractivity (Wildman–Crippen MR) is 65.2 cm³/mol. The Labute approximate surface area is 105 Å². The number of benzene rings is 1. The van der Waals surface area contributed by atoms with E-state index < -0.39 is 23.0 Å². The molecule has 0 bridgehead atoms. The molecule has 1 aromatic rings. The summed E-state index contributed by atoms with van der Waals surface area (Å²) in [6, 6.07) is 3.47. The van der Waals surface area contributed by atoms with E-state index in [0.717, 1.165) is 12.1 Å². The van der Waals surface area contributed by atoms with E-state index in [0.29, 0.717) is 0 Å². The highest BCUT2D eigenvalue weighted by Gasteiger charge is 2.24. The fourth-order valence-electron chi connectivity index (χ4n) is 1.38. The number of ketones is 1. The third kappa shape index (κ3) is 3.55. The first-order chi connectivity index (χ1) is 8.24. The van der Waals surface area contributed by atoms with Gasteiger partial charge in [-0.15, -0.1) is 0 Å². The summed E-state index contributed by atoms with van der Waals surface area (Å²) in [5.74, 6) is -2.03. The number of rotatable bonds is 3. The zero-order valence-electron chi connectivity index (χ0n) is 10.8. The topological polar surface area (TPSA) is 55.4 Å². The quantitative estimate of drug-likeness (QED) is 0.661. The molecule has 98 valence electrons. The molecule has 1 N–H and O–H groups in total. The summed E-state index contributed by atoms with van der Waals surface area (Å²) < 4.78 is 18.0. The van der Waals surface area contributed by atoms with Gasteiger partial charge < -0.3 is 10.1 Å². The van der Waals surface area contributed by atoms with E-state index in [-0.39, 0.29) is 11.3 Å². The van der Waals surface area contributed by atoms with Crippen LogP contribution in [-0.2, 0) is 4.79 Å². The van der Waals surface area contributed by atoms with E-state index >= 15 is 0 Å². The van der Waals surface area contributed by atoms with Crippen molar-refractivity contribution in [1.29, 1.82) is 0 Å². The van der Waals surface area contributed by atoms with Crippen LogP contribution in [0.4, 0.5) is 4.39 Å². The van der Waals surface area contributed by atoms with Gasteiger partial charge >= 0.3 is 0 Å². The van der Waals surface area contributed by atoms with Crippen molar-refractivity contribution in [3.63, 3.8) is 0 Å². The molecule has 0 fully saturated rings. The van der Waals surface area contributed by atoms with E-state index in [4.69, 9.17) is 4.74 Å². The average Bonchev–Trinajstić information content (AvgIpc) is 2.25. The van der Waals surface area contributed by atoms with Crippen LogP contribution in [0.3, 0.4) is 0 Å². The molecule has 0 radical (unpaired) electrons. The van der Waals surface area contributed by atoms with Crippen molar-refractivity contribution in [2.75, 3.05) is 7.11 Å². The van der Waals surface area contributed by atoms with Crippen LogP contribution in [0.25, 0.3) is 0 Å². The first-order valence-electron chi connectivity index (χ1n) is 5.45. The number of carbonyl (C=O) groups excluding carboxylic acids is 2. The molecule has 0 saturated carbocycles. The van der Waals surface area contributed by atoms with Gasteiger partial charge in [0.25, 0.3) is 11.7 Å². The Balaban J connectivity index is 3.03. The molecule has 0 saturated heterocycles. The number of hydrogen-bond donors (Lipinski definition) is 1. The summed E-state index contributed by atoms with van der Waals surface area (Å²) in [5.41, 5.74) is -0.618. The number of ether oxygens (including phenoxy) is 1. The Hall–Kier alpha value is -1.91. The van der Waals surface area contributed by atoms with E-state index in [1.54, 1.807) is 20.8 Å². The van der Waals surface area contributed by atoms with Gasteiger partial charge in [0, 0.05) is 5.54 Å². The monoisotopic (exact) mass is 253 g/mol. The normalized spacial score (nSPS) is 10.9. The second-order valence-corrected chi connectivity index (χ2v) is 4.88. The third-order valence-corrected chi connectivity index (χ3v) is 2.10. The SMILES string of the molecule is COc1ccc(F)cc1C(=O)C(=O)NC(C)(C)C. The van der Waals surface area contributed by atoms with Crippen LogP contribution >= 0.6 is 0 Å². The number of Topliss-reactive ketones (excluding diaryl/α,β-unsaturated/α-hetero) is 1. The number of carbonyl (C=O) groups is 2. The molecule has 0 atom stereocenters. The van der Waals surface area contributed by atoms with Gasteiger partial charge in [-0.05, 0) is 39.0 Å². The molecule has 0 aliphatic carbocycles. The summed E-state index contributed by atoms with van der Waals surface area (Å²) in [5, 5.41) is 2.52. The molecule has 0 aliphatic rings. The van der Waals surface area contributed by atoms with Crippen LogP contribution in [0.15, 0.2) is 18.2 Å². The van der Waals surface area contributed by atoms with E-state index in [2.05, 4.69) is 5.32 Å². The van der Waals surface area contributed by atoms with Crippen molar-refractivity contribution in [1.82, 2.24) is 5.32 Å². The first-order valence-corrected chi connectivity index (χ1v) is 5.45. The second kappa shape index (κ2) is 5.16. The lowest BCUT2D eigenvalue weighted by atomic mass is 10.1. The highest BCUT2D eigenvalue weighted by molar-refractivity contribution is 6.43. The molecule has 0 unspecified atom stereocenters. The van der Waals surface area contributed by atoms with E-state index in [9.17, 15) is 14.0 Å². The molecule has 0 spiro atoms. The Bertz CT molecular complexity index is 478. The fourth-order valence-corrected chi connectivity index (χ4v) is 1.38. The standard InChI is InChI=1S/C13H16FNO3/c1-13(2,3)15-12(17)11(16)9-7-8(14)5-6-10(9)18-4/h5-7H,1-4H3,(H,15,17). The lowest BCUT2D eigenvalue weighted by Gasteiger charge is -2.20. The number of nitrogens with one attached hydrogen (secondary N) is 1. The molecule has 0 aliphatic heterocycles. The number of hydrogen-bond acceptors (Lipinski definition) is 3. The van der Waals surface area contributed by atoms with Crippen molar-refractivity contribution in [3.05, 3.63) is 29.6 Å². The third-order valence-electron chi connectivity index (χ3n) is 2.10. The van der Waals surface area contributed by atoms with Crippen LogP contribution in [0.2, 0.25) is 0 Å². The highest BCUT2D eigenvalue weighted by Crippen LogP contribution is 2.20. The first kappa shape index (κ1) is 14.2. The van der Waals surface area contributed by atoms with Gasteiger partial charge in [0.1, 0.15) is 11.6 Å². The average molecular weight is 253 g/mol. The molecule has 18 heavy (non-hydrogen) atoms. The number of methoxy groups -OCH3 is 1. The molecule has 0 aromatic heterocycles. The zero-order valence-corrected chi connectivity index (χ0v) is 10.8. The van der Waals surface area contributed by atoms with Crippen molar-refractivity contribution in [2.45, 2.75) is 26.3 Å². The van der Waals surface area contributed by atoms with Gasteiger partial charge in [-0.3, -0.25) is 9.59 Å². The van der Waals surface area contributed by atoms with Crippen molar-refractivity contribution < 1.29 is 18.7 Å². The minimum Gasteiger partial charge on any atom is -0.496 e. The molecule has 1 amide bonds. The predicted octanol–water partition coefficient (Wildman–Crippen LogP) is 1.93. The fraction of sp³-hybridized carbons (Fsp3) is 0.385. The van der Waals surface area contributed by atoms with Gasteiger partial charge in [-0.25, -0.2) is 4.39 Å². The minimum atomic E-state index is -0.818. The summed E-state index contributed by atoms with van der Waals surface area (Å²) in [6.07, 6.45) is 0. The summed E-state index contributed by atoms with van der Waals surface area (Å²) in [6.45, 7) is 5.25. The minimum absolute atomic E-state index is 0.0840. The van der Waals surface area contributed by atoms with Gasteiger partial charge in [-0.1, -0.05) is 0 Å². The van der Waals surface area contributed by atoms with Crippen molar-refractivity contribution in [2.24, 2.45) is 0 Å². The van der Waals surface area contributed by atoms with Crippen molar-refractivity contribution in [3.8, 4) is 5.75 Å². The summed E-state index contributed by atoms with van der Waals surface area (Å²) >= 11 is 0. The second-order valence-electron chi connectivity index (χ2n) is 4.88. The maximum atomic E-state index is 13.1. The van der Waals surface area contributed by atoms with Gasteiger partial charge in [0.2, 0.25) is 0 Å². The Morgan fingerprint density at radius 2 is 1.89 bits per heavy atom. The molecule has 1 aromatic carbocycles. The van der Waals surface area contributed by atoms with Crippen molar-refractivity contribution >= 4 is 11.7 Å². The van der Waals surface area contributed by atoms with Gasteiger partial charge in [0.05, 0.1) is 12.7 Å². The van der Waals surface area contributed by atoms with Crippen LogP contribution in [0, 0.1) is 5.82 Å². The Morgan fingerprint density at radius 1 is 1.28 bits per heavy atom. The molecule has 5 heteroatoms. The van der Waals surface area contributed by atoms with E-state index in [1.807, 2.05) is 0 Å². The van der Waals surface area contributed by atoms with Crippen LogP contribution in [-0.4, -0.2) is 24.3 Å². The lowest BCUT2D eigenvalue weighted by molar-refractivity contribution is -0.118. The maximum absolute atomic E-state index is 13.1. The smallest absolute Gasteiger partial charge is 0.292 e. The van der Waals surface area contributed by atoms with Gasteiger partial charge in [-0.2, -0.15) is 0 Å². The lowest BCUT2D eigenvalue weighted by Crippen LogP contribution is -2.44. The Kier molecular flexibility index (Phi) is 4.06. The molecule has 4 nitrogen and oxygen atoms in total. The van der Waals surface area contributed by atoms with Crippen LogP contribution < -0.4 is 10.1 Å². The molecule has 0 heterocycles. The number of amides is 1. The van der Waals surface area contributed by atoms with Crippen LogP contribution in [0.5, 0.6) is 5.75 Å². The number of halogens is 1. The molecular weight excluding hydrogens is 237 g/mol. The largest absolute Gasteiger partial charge is 0.496 e. The molecular formula is C13H16FNO3. The summed E-state index contributed by atoms with van der Waals surface area (Å²) in [4.78, 5) is 23.6. The van der Waals surface area contributed by atoms with Crippen LogP contribution in [0.1, 0.15) is 31.1 Å².